The van der Waals surface area contributed by atoms with Crippen molar-refractivity contribution in [3.8, 4) is 5.75 Å². The Kier molecular flexibility index (Phi) is 10.3. The molecule has 0 aromatic heterocycles. The third kappa shape index (κ3) is 6.40. The van der Waals surface area contributed by atoms with Crippen molar-refractivity contribution in [3.63, 3.8) is 0 Å². The van der Waals surface area contributed by atoms with Crippen LogP contribution in [-0.2, 0) is 4.79 Å². The van der Waals surface area contributed by atoms with Crippen molar-refractivity contribution in [2.45, 2.75) is 60.2 Å². The smallest absolute Gasteiger partial charge is 0.255 e. The van der Waals surface area contributed by atoms with Gasteiger partial charge in [-0.1, -0.05) is 50.3 Å². The minimum absolute atomic E-state index is 0.0136. The highest BCUT2D eigenvalue weighted by atomic mass is 16.5. The molecule has 3 N–H and O–H groups in total. The molecule has 2 aliphatic rings. The number of nitrogens with one attached hydrogen (secondary N) is 1. The number of anilines is 1. The average molecular weight is 478 g/mol. The lowest BCUT2D eigenvalue weighted by atomic mass is 9.90. The molecule has 0 bridgehead atoms. The second-order valence-electron chi connectivity index (χ2n) is 8.37. The fourth-order valence-corrected chi connectivity index (χ4v) is 4.14. The van der Waals surface area contributed by atoms with E-state index in [2.05, 4.69) is 16.3 Å². The van der Waals surface area contributed by atoms with Gasteiger partial charge in [0.15, 0.2) is 5.78 Å². The maximum Gasteiger partial charge on any atom is 0.255 e. The number of carbonyl (C=O) groups excluding carboxylic acids is 2. The second-order valence-corrected chi connectivity index (χ2v) is 8.37. The molecule has 2 heterocycles. The molecule has 0 saturated heterocycles. The van der Waals surface area contributed by atoms with Gasteiger partial charge in [-0.25, -0.2) is 0 Å². The highest BCUT2D eigenvalue weighted by molar-refractivity contribution is 6.03. The number of para-hydroxylation sites is 1. The summed E-state index contributed by atoms with van der Waals surface area (Å²) in [5, 5.41) is 3.14. The van der Waals surface area contributed by atoms with Crippen LogP contribution in [0.25, 0.3) is 0 Å². The SMILES string of the molecule is C/C=C\C=C(/C)C(C)=O.CC.COc1ccc([C@H]2NC(=O)c3cccc4c3N2CC[C@@H]4N)cc1C. The Morgan fingerprint density at radius 1 is 1.20 bits per heavy atom. The fraction of sp³-hybridized carbons (Fsp3) is 0.379. The van der Waals surface area contributed by atoms with Gasteiger partial charge in [-0.2, -0.15) is 0 Å². The van der Waals surface area contributed by atoms with E-state index in [1.165, 1.54) is 0 Å². The van der Waals surface area contributed by atoms with Gasteiger partial charge in [0.05, 0.1) is 18.4 Å². The number of rotatable bonds is 4. The Morgan fingerprint density at radius 2 is 1.91 bits per heavy atom. The third-order valence-corrected chi connectivity index (χ3v) is 6.09. The van der Waals surface area contributed by atoms with Gasteiger partial charge in [-0.3, -0.25) is 9.59 Å². The zero-order valence-electron chi connectivity index (χ0n) is 22.0. The van der Waals surface area contributed by atoms with Gasteiger partial charge in [0.2, 0.25) is 0 Å². The molecule has 0 aliphatic carbocycles. The molecule has 0 unspecified atom stereocenters. The van der Waals surface area contributed by atoms with Crippen molar-refractivity contribution in [3.05, 3.63) is 82.5 Å². The maximum atomic E-state index is 12.6. The standard InChI is InChI=1S/C19H21N3O2.C8H12O.C2H6/c1-11-10-12(6-7-16(11)24-2)18-21-19(23)14-5-3-4-13-15(20)8-9-22(18)17(13)14;1-4-5-6-7(2)8(3)9;1-2/h3-7,10,15,18H,8-9,20H2,1-2H3,(H,21,23);4-6H,1-3H3;1-2H3/b;5-4-,7-6+;/t15-,18-;;/m0../s1. The van der Waals surface area contributed by atoms with Crippen LogP contribution in [0.1, 0.15) is 80.3 Å². The number of nitrogens with zero attached hydrogens (tertiary/aromatic N) is 1. The number of aryl methyl sites for hydroxylation is 1. The number of nitrogens with two attached hydrogens (primary N) is 1. The molecule has 0 radical (unpaired) electrons. The normalized spacial score (nSPS) is 18.5. The first-order valence-corrected chi connectivity index (χ1v) is 12.2. The van der Waals surface area contributed by atoms with Gasteiger partial charge in [0, 0.05) is 12.6 Å². The second kappa shape index (κ2) is 12.9. The monoisotopic (exact) mass is 477 g/mol. The Bertz CT molecular complexity index is 1100. The molecule has 35 heavy (non-hydrogen) atoms. The highest BCUT2D eigenvalue weighted by Gasteiger charge is 2.37. The van der Waals surface area contributed by atoms with E-state index in [1.807, 2.05) is 83.2 Å². The zero-order valence-corrected chi connectivity index (χ0v) is 22.0. The minimum atomic E-state index is -0.178. The zero-order chi connectivity index (χ0) is 26.1. The topological polar surface area (TPSA) is 84.7 Å². The van der Waals surface area contributed by atoms with Crippen LogP contribution >= 0.6 is 0 Å². The van der Waals surface area contributed by atoms with E-state index in [0.717, 1.165) is 46.7 Å². The molecule has 6 heteroatoms. The molecule has 0 fully saturated rings. The van der Waals surface area contributed by atoms with Gasteiger partial charge in [-0.05, 0) is 74.6 Å². The van der Waals surface area contributed by atoms with Crippen molar-refractivity contribution in [2.75, 3.05) is 18.6 Å². The molecule has 2 atom stereocenters. The summed E-state index contributed by atoms with van der Waals surface area (Å²) in [7, 11) is 1.67. The Balaban J connectivity index is 0.000000335. The van der Waals surface area contributed by atoms with Crippen LogP contribution in [-0.4, -0.2) is 25.3 Å². The lowest BCUT2D eigenvalue weighted by Gasteiger charge is -2.44. The van der Waals surface area contributed by atoms with Crippen LogP contribution in [0.5, 0.6) is 5.75 Å². The van der Waals surface area contributed by atoms with Crippen molar-refractivity contribution in [1.29, 1.82) is 0 Å². The van der Waals surface area contributed by atoms with Crippen molar-refractivity contribution in [1.82, 2.24) is 5.32 Å². The van der Waals surface area contributed by atoms with Gasteiger partial charge in [-0.15, -0.1) is 0 Å². The molecule has 188 valence electrons. The Hall–Kier alpha value is -3.38. The van der Waals surface area contributed by atoms with E-state index in [1.54, 1.807) is 14.0 Å². The summed E-state index contributed by atoms with van der Waals surface area (Å²) in [5.74, 6) is 0.936. The van der Waals surface area contributed by atoms with E-state index in [4.69, 9.17) is 10.5 Å². The fourth-order valence-electron chi connectivity index (χ4n) is 4.14. The number of amides is 1. The number of Topliss-reactive ketones (excluding diaryl/α,β-unsaturated/α-hetero) is 1. The minimum Gasteiger partial charge on any atom is -0.496 e. The first-order chi connectivity index (χ1) is 16.8. The van der Waals surface area contributed by atoms with E-state index < -0.39 is 0 Å². The molecule has 2 aliphatic heterocycles. The largest absolute Gasteiger partial charge is 0.496 e. The average Bonchev–Trinajstić information content (AvgIpc) is 2.87. The molecule has 2 aromatic rings. The number of methoxy groups -OCH3 is 1. The summed E-state index contributed by atoms with van der Waals surface area (Å²) in [6.07, 6.45) is 6.26. The number of carbonyl (C=O) groups is 2. The van der Waals surface area contributed by atoms with Gasteiger partial charge in [0.25, 0.3) is 5.91 Å². The van der Waals surface area contributed by atoms with E-state index in [0.29, 0.717) is 5.56 Å². The molecular weight excluding hydrogens is 438 g/mol. The molecule has 4 rings (SSSR count). The molecule has 2 aromatic carbocycles. The van der Waals surface area contributed by atoms with E-state index in [9.17, 15) is 9.59 Å². The van der Waals surface area contributed by atoms with Crippen molar-refractivity contribution in [2.24, 2.45) is 5.73 Å². The number of benzene rings is 2. The summed E-state index contributed by atoms with van der Waals surface area (Å²) >= 11 is 0. The number of hydrogen-bond donors (Lipinski definition) is 2. The Labute approximate surface area is 209 Å². The van der Waals surface area contributed by atoms with Crippen LogP contribution in [0, 0.1) is 6.92 Å². The summed E-state index contributed by atoms with van der Waals surface area (Å²) in [6, 6.07) is 11.8. The predicted octanol–water partition coefficient (Wildman–Crippen LogP) is 5.78. The summed E-state index contributed by atoms with van der Waals surface area (Å²) < 4.78 is 5.34. The third-order valence-electron chi connectivity index (χ3n) is 6.09. The first kappa shape index (κ1) is 27.9. The van der Waals surface area contributed by atoms with Gasteiger partial charge < -0.3 is 20.7 Å². The molecule has 1 amide bonds. The lowest BCUT2D eigenvalue weighted by molar-refractivity contribution is -0.113. The summed E-state index contributed by atoms with van der Waals surface area (Å²) in [6.45, 7) is 12.1. The van der Waals surface area contributed by atoms with Crippen LogP contribution in [0.3, 0.4) is 0 Å². The Morgan fingerprint density at radius 3 is 2.51 bits per heavy atom. The lowest BCUT2D eigenvalue weighted by Crippen LogP contribution is -2.49. The number of hydrogen-bond acceptors (Lipinski definition) is 5. The predicted molar refractivity (Wildman–Crippen MR) is 144 cm³/mol. The van der Waals surface area contributed by atoms with Crippen LogP contribution < -0.4 is 20.7 Å². The number of ether oxygens (including phenoxy) is 1. The summed E-state index contributed by atoms with van der Waals surface area (Å²) in [5.41, 5.74) is 11.9. The first-order valence-electron chi connectivity index (χ1n) is 12.2. The van der Waals surface area contributed by atoms with Crippen LogP contribution in [0.15, 0.2) is 60.2 Å². The maximum absolute atomic E-state index is 12.6. The van der Waals surface area contributed by atoms with Gasteiger partial charge >= 0.3 is 0 Å². The van der Waals surface area contributed by atoms with E-state index in [-0.39, 0.29) is 23.9 Å². The summed E-state index contributed by atoms with van der Waals surface area (Å²) in [4.78, 5) is 25.4. The van der Waals surface area contributed by atoms with Crippen molar-refractivity contribution >= 4 is 17.4 Å². The van der Waals surface area contributed by atoms with Crippen LogP contribution in [0.2, 0.25) is 0 Å². The quantitative estimate of drug-likeness (QED) is 0.431. The molecular formula is C29H39N3O3. The molecule has 0 spiro atoms. The van der Waals surface area contributed by atoms with Gasteiger partial charge in [0.1, 0.15) is 11.9 Å². The molecule has 6 nitrogen and oxygen atoms in total. The van der Waals surface area contributed by atoms with Crippen molar-refractivity contribution < 1.29 is 14.3 Å². The van der Waals surface area contributed by atoms with Crippen LogP contribution in [0.4, 0.5) is 5.69 Å². The number of allylic oxidation sites excluding steroid dienone is 4. The highest BCUT2D eigenvalue weighted by Crippen LogP contribution is 2.42. The van der Waals surface area contributed by atoms with E-state index >= 15 is 0 Å². The number of ketones is 1. The molecule has 0 saturated carbocycles.